The number of hydrogen-bond acceptors (Lipinski definition) is 4. The molecule has 116 valence electrons. The quantitative estimate of drug-likeness (QED) is 0.882. The SMILES string of the molecule is COc1ccc(S(=O)(=O)Nc2cc(C(=O)O)ccc2C)cc1. The van der Waals surface area contributed by atoms with Gasteiger partial charge in [0.05, 0.1) is 23.3 Å². The van der Waals surface area contributed by atoms with E-state index in [9.17, 15) is 13.2 Å². The molecular weight excluding hydrogens is 306 g/mol. The maximum Gasteiger partial charge on any atom is 0.335 e. The summed E-state index contributed by atoms with van der Waals surface area (Å²) in [5.74, 6) is -0.576. The Balaban J connectivity index is 2.35. The highest BCUT2D eigenvalue weighted by atomic mass is 32.2. The number of methoxy groups -OCH3 is 1. The van der Waals surface area contributed by atoms with Crippen LogP contribution in [-0.4, -0.2) is 26.6 Å². The Kier molecular flexibility index (Phi) is 4.37. The molecule has 0 aliphatic carbocycles. The fraction of sp³-hybridized carbons (Fsp3) is 0.133. The van der Waals surface area contributed by atoms with Gasteiger partial charge in [-0.1, -0.05) is 6.07 Å². The topological polar surface area (TPSA) is 92.7 Å². The van der Waals surface area contributed by atoms with Crippen LogP contribution in [0.1, 0.15) is 15.9 Å². The fourth-order valence-electron chi connectivity index (χ4n) is 1.82. The Morgan fingerprint density at radius 3 is 2.32 bits per heavy atom. The van der Waals surface area contributed by atoms with E-state index in [1.165, 1.54) is 43.5 Å². The Bertz CT molecular complexity index is 797. The first kappa shape index (κ1) is 15.8. The lowest BCUT2D eigenvalue weighted by atomic mass is 10.1. The van der Waals surface area contributed by atoms with Crippen LogP contribution < -0.4 is 9.46 Å². The first-order valence-corrected chi connectivity index (χ1v) is 7.82. The molecule has 0 saturated carbocycles. The van der Waals surface area contributed by atoms with E-state index in [1.54, 1.807) is 13.0 Å². The smallest absolute Gasteiger partial charge is 0.335 e. The highest BCUT2D eigenvalue weighted by Gasteiger charge is 2.16. The summed E-state index contributed by atoms with van der Waals surface area (Å²) in [7, 11) is -2.31. The van der Waals surface area contributed by atoms with Gasteiger partial charge in [0.1, 0.15) is 5.75 Å². The Hall–Kier alpha value is -2.54. The molecule has 0 aliphatic heterocycles. The number of nitrogens with one attached hydrogen (secondary N) is 1. The molecule has 0 fully saturated rings. The van der Waals surface area contributed by atoms with Gasteiger partial charge in [-0.3, -0.25) is 4.72 Å². The van der Waals surface area contributed by atoms with E-state index >= 15 is 0 Å². The van der Waals surface area contributed by atoms with Crippen LogP contribution in [0.25, 0.3) is 0 Å². The van der Waals surface area contributed by atoms with E-state index < -0.39 is 16.0 Å². The highest BCUT2D eigenvalue weighted by molar-refractivity contribution is 7.92. The van der Waals surface area contributed by atoms with Crippen LogP contribution in [0, 0.1) is 6.92 Å². The lowest BCUT2D eigenvalue weighted by molar-refractivity contribution is 0.0697. The zero-order chi connectivity index (χ0) is 16.3. The van der Waals surface area contributed by atoms with Gasteiger partial charge in [0.25, 0.3) is 10.0 Å². The predicted molar refractivity (Wildman–Crippen MR) is 81.9 cm³/mol. The van der Waals surface area contributed by atoms with E-state index in [-0.39, 0.29) is 16.1 Å². The summed E-state index contributed by atoms with van der Waals surface area (Å²) >= 11 is 0. The molecule has 0 unspecified atom stereocenters. The van der Waals surface area contributed by atoms with Crippen molar-refractivity contribution in [2.75, 3.05) is 11.8 Å². The first-order chi connectivity index (χ1) is 10.3. The molecule has 0 amide bonds. The second kappa shape index (κ2) is 6.07. The van der Waals surface area contributed by atoms with Gasteiger partial charge in [0.2, 0.25) is 0 Å². The molecule has 22 heavy (non-hydrogen) atoms. The molecule has 0 aliphatic rings. The summed E-state index contributed by atoms with van der Waals surface area (Å²) < 4.78 is 32.1. The molecule has 0 aromatic heterocycles. The predicted octanol–water partition coefficient (Wildman–Crippen LogP) is 2.50. The van der Waals surface area contributed by atoms with Crippen LogP contribution in [0.4, 0.5) is 5.69 Å². The second-order valence-corrected chi connectivity index (χ2v) is 6.30. The standard InChI is InChI=1S/C15H15NO5S/c1-10-3-4-11(15(17)18)9-14(10)16-22(19,20)13-7-5-12(21-2)6-8-13/h3-9,16H,1-2H3,(H,17,18). The van der Waals surface area contributed by atoms with E-state index in [4.69, 9.17) is 9.84 Å². The summed E-state index contributed by atoms with van der Waals surface area (Å²) in [5, 5.41) is 8.98. The number of sulfonamides is 1. The van der Waals surface area contributed by atoms with Crippen molar-refractivity contribution in [2.24, 2.45) is 0 Å². The number of anilines is 1. The van der Waals surface area contributed by atoms with Crippen LogP contribution >= 0.6 is 0 Å². The van der Waals surface area contributed by atoms with Gasteiger partial charge >= 0.3 is 5.97 Å². The number of carboxylic acid groups (broad SMARTS) is 1. The highest BCUT2D eigenvalue weighted by Crippen LogP contribution is 2.22. The molecular formula is C15H15NO5S. The van der Waals surface area contributed by atoms with Gasteiger partial charge in [-0.25, -0.2) is 13.2 Å². The zero-order valence-electron chi connectivity index (χ0n) is 12.0. The number of hydrogen-bond donors (Lipinski definition) is 2. The Labute approximate surface area is 128 Å². The molecule has 2 aromatic carbocycles. The number of benzene rings is 2. The molecule has 7 heteroatoms. The Morgan fingerprint density at radius 1 is 1.14 bits per heavy atom. The van der Waals surface area contributed by atoms with Crippen LogP contribution in [0.15, 0.2) is 47.4 Å². The van der Waals surface area contributed by atoms with Crippen molar-refractivity contribution in [3.8, 4) is 5.75 Å². The average molecular weight is 321 g/mol. The van der Waals surface area contributed by atoms with Gasteiger partial charge in [0, 0.05) is 0 Å². The fourth-order valence-corrected chi connectivity index (χ4v) is 2.95. The van der Waals surface area contributed by atoms with Crippen molar-refractivity contribution in [1.29, 1.82) is 0 Å². The third kappa shape index (κ3) is 3.37. The minimum atomic E-state index is -3.80. The van der Waals surface area contributed by atoms with Crippen LogP contribution in [-0.2, 0) is 10.0 Å². The average Bonchev–Trinajstić information content (AvgIpc) is 2.49. The molecule has 2 N–H and O–H groups in total. The molecule has 0 spiro atoms. The first-order valence-electron chi connectivity index (χ1n) is 6.34. The van der Waals surface area contributed by atoms with Gasteiger partial charge in [0.15, 0.2) is 0 Å². The molecule has 0 radical (unpaired) electrons. The van der Waals surface area contributed by atoms with Gasteiger partial charge in [-0.2, -0.15) is 0 Å². The molecule has 0 bridgehead atoms. The van der Waals surface area contributed by atoms with Crippen molar-refractivity contribution in [1.82, 2.24) is 0 Å². The maximum absolute atomic E-state index is 12.3. The van der Waals surface area contributed by atoms with Gasteiger partial charge in [-0.15, -0.1) is 0 Å². The van der Waals surface area contributed by atoms with Crippen molar-refractivity contribution in [2.45, 2.75) is 11.8 Å². The van der Waals surface area contributed by atoms with E-state index in [0.717, 1.165) is 0 Å². The number of carboxylic acids is 1. The van der Waals surface area contributed by atoms with E-state index in [2.05, 4.69) is 4.72 Å². The van der Waals surface area contributed by atoms with Gasteiger partial charge in [-0.05, 0) is 48.9 Å². The zero-order valence-corrected chi connectivity index (χ0v) is 12.8. The second-order valence-electron chi connectivity index (χ2n) is 4.62. The number of aryl methyl sites for hydroxylation is 1. The van der Waals surface area contributed by atoms with Crippen LogP contribution in [0.2, 0.25) is 0 Å². The van der Waals surface area contributed by atoms with Crippen molar-refractivity contribution < 1.29 is 23.1 Å². The lowest BCUT2D eigenvalue weighted by Gasteiger charge is -2.11. The number of rotatable bonds is 5. The van der Waals surface area contributed by atoms with Crippen molar-refractivity contribution in [3.05, 3.63) is 53.6 Å². The molecule has 2 aromatic rings. The lowest BCUT2D eigenvalue weighted by Crippen LogP contribution is -2.14. The van der Waals surface area contributed by atoms with Crippen molar-refractivity contribution >= 4 is 21.7 Å². The van der Waals surface area contributed by atoms with E-state index in [1.807, 2.05) is 0 Å². The molecule has 0 atom stereocenters. The molecule has 6 nitrogen and oxygen atoms in total. The van der Waals surface area contributed by atoms with Gasteiger partial charge < -0.3 is 9.84 Å². The van der Waals surface area contributed by atoms with E-state index in [0.29, 0.717) is 11.3 Å². The van der Waals surface area contributed by atoms with Crippen LogP contribution in [0.5, 0.6) is 5.75 Å². The molecule has 2 rings (SSSR count). The Morgan fingerprint density at radius 2 is 1.77 bits per heavy atom. The summed E-state index contributed by atoms with van der Waals surface area (Å²) in [6.45, 7) is 1.69. The molecule has 0 heterocycles. The largest absolute Gasteiger partial charge is 0.497 e. The normalized spacial score (nSPS) is 11.0. The summed E-state index contributed by atoms with van der Waals surface area (Å²) in [4.78, 5) is 11.0. The summed E-state index contributed by atoms with van der Waals surface area (Å²) in [6, 6.07) is 10.2. The maximum atomic E-state index is 12.3. The van der Waals surface area contributed by atoms with Crippen molar-refractivity contribution in [3.63, 3.8) is 0 Å². The summed E-state index contributed by atoms with van der Waals surface area (Å²) in [6.07, 6.45) is 0. The third-order valence-corrected chi connectivity index (χ3v) is 4.48. The summed E-state index contributed by atoms with van der Waals surface area (Å²) in [5.41, 5.74) is 0.871. The minimum absolute atomic E-state index is 0.0121. The monoisotopic (exact) mass is 321 g/mol. The molecule has 0 saturated heterocycles. The number of ether oxygens (including phenoxy) is 1. The number of aromatic carboxylic acids is 1. The minimum Gasteiger partial charge on any atom is -0.497 e. The van der Waals surface area contributed by atoms with Crippen LogP contribution in [0.3, 0.4) is 0 Å². The number of carbonyl (C=O) groups is 1. The third-order valence-electron chi connectivity index (χ3n) is 3.10.